The van der Waals surface area contributed by atoms with Gasteiger partial charge in [0, 0.05) is 23.5 Å². The van der Waals surface area contributed by atoms with Crippen molar-refractivity contribution in [2.24, 2.45) is 0 Å². The SMILES string of the molecule is O=C(COc1ccc(C(=O)c2ccccc2)cc1)OCc1cn2cc(Cl)ccc2n1. The Morgan fingerprint density at radius 2 is 1.63 bits per heavy atom. The summed E-state index contributed by atoms with van der Waals surface area (Å²) in [5, 5.41) is 0.591. The van der Waals surface area contributed by atoms with E-state index in [9.17, 15) is 9.59 Å². The van der Waals surface area contributed by atoms with Crippen LogP contribution in [0.15, 0.2) is 79.1 Å². The number of carbonyl (C=O) groups excluding carboxylic acids is 2. The summed E-state index contributed by atoms with van der Waals surface area (Å²) in [6, 6.07) is 19.2. The second kappa shape index (κ2) is 8.80. The van der Waals surface area contributed by atoms with E-state index in [-0.39, 0.29) is 19.0 Å². The fourth-order valence-corrected chi connectivity index (χ4v) is 3.05. The molecule has 0 spiro atoms. The molecule has 4 aromatic rings. The zero-order chi connectivity index (χ0) is 20.9. The molecule has 6 nitrogen and oxygen atoms in total. The van der Waals surface area contributed by atoms with Crippen LogP contribution in [0.2, 0.25) is 5.02 Å². The predicted octanol–water partition coefficient (Wildman–Crippen LogP) is 4.34. The highest BCUT2D eigenvalue weighted by molar-refractivity contribution is 6.30. The van der Waals surface area contributed by atoms with Crippen LogP contribution in [-0.2, 0) is 16.1 Å². The Labute approximate surface area is 177 Å². The monoisotopic (exact) mass is 420 g/mol. The number of carbonyl (C=O) groups is 2. The molecule has 0 amide bonds. The lowest BCUT2D eigenvalue weighted by molar-refractivity contribution is -0.147. The van der Waals surface area contributed by atoms with Gasteiger partial charge in [0.1, 0.15) is 18.0 Å². The minimum atomic E-state index is -0.519. The number of nitrogens with zero attached hydrogens (tertiary/aromatic N) is 2. The highest BCUT2D eigenvalue weighted by atomic mass is 35.5. The Kier molecular flexibility index (Phi) is 5.77. The van der Waals surface area contributed by atoms with Gasteiger partial charge < -0.3 is 13.9 Å². The third kappa shape index (κ3) is 4.67. The summed E-state index contributed by atoms with van der Waals surface area (Å²) >= 11 is 5.94. The van der Waals surface area contributed by atoms with Gasteiger partial charge in [0.15, 0.2) is 12.4 Å². The Morgan fingerprint density at radius 1 is 0.900 bits per heavy atom. The van der Waals surface area contributed by atoms with Crippen molar-refractivity contribution in [2.75, 3.05) is 6.61 Å². The molecule has 0 bridgehead atoms. The number of esters is 1. The molecule has 30 heavy (non-hydrogen) atoms. The van der Waals surface area contributed by atoms with Gasteiger partial charge in [-0.1, -0.05) is 41.9 Å². The molecule has 0 N–H and O–H groups in total. The zero-order valence-electron chi connectivity index (χ0n) is 15.8. The maximum absolute atomic E-state index is 12.4. The van der Waals surface area contributed by atoms with E-state index in [4.69, 9.17) is 21.1 Å². The Balaban J connectivity index is 1.28. The molecule has 4 rings (SSSR count). The van der Waals surface area contributed by atoms with Crippen molar-refractivity contribution in [1.82, 2.24) is 9.38 Å². The van der Waals surface area contributed by atoms with E-state index in [1.54, 1.807) is 65.3 Å². The number of ether oxygens (including phenoxy) is 2. The maximum atomic E-state index is 12.4. The molecule has 0 saturated carbocycles. The van der Waals surface area contributed by atoms with Gasteiger partial charge in [-0.05, 0) is 36.4 Å². The molecule has 0 radical (unpaired) electrons. The third-order valence-electron chi connectivity index (χ3n) is 4.36. The molecule has 0 aliphatic heterocycles. The van der Waals surface area contributed by atoms with Gasteiger partial charge in [-0.3, -0.25) is 4.79 Å². The highest BCUT2D eigenvalue weighted by Gasteiger charge is 2.10. The molecule has 2 heterocycles. The number of rotatable bonds is 7. The molecule has 0 saturated heterocycles. The predicted molar refractivity (Wildman–Crippen MR) is 112 cm³/mol. The molecule has 0 unspecified atom stereocenters. The Hall–Kier alpha value is -3.64. The van der Waals surface area contributed by atoms with E-state index in [0.717, 1.165) is 0 Å². The van der Waals surface area contributed by atoms with E-state index in [0.29, 0.717) is 33.2 Å². The van der Waals surface area contributed by atoms with Crippen LogP contribution in [0.25, 0.3) is 5.65 Å². The number of hydrogen-bond acceptors (Lipinski definition) is 5. The molecule has 0 aliphatic rings. The lowest BCUT2D eigenvalue weighted by Gasteiger charge is -2.07. The molecule has 2 aromatic carbocycles. The molecule has 0 fully saturated rings. The van der Waals surface area contributed by atoms with E-state index >= 15 is 0 Å². The molecular weight excluding hydrogens is 404 g/mol. The number of pyridine rings is 1. The van der Waals surface area contributed by atoms with Gasteiger partial charge in [0.05, 0.1) is 10.7 Å². The molecular formula is C23H17ClN2O4. The second-order valence-corrected chi connectivity index (χ2v) is 6.95. The molecule has 0 atom stereocenters. The van der Waals surface area contributed by atoms with E-state index < -0.39 is 5.97 Å². The quantitative estimate of drug-likeness (QED) is 0.328. The van der Waals surface area contributed by atoms with Gasteiger partial charge in [-0.2, -0.15) is 0 Å². The fourth-order valence-electron chi connectivity index (χ4n) is 2.88. The minimum Gasteiger partial charge on any atom is -0.482 e. The third-order valence-corrected chi connectivity index (χ3v) is 4.58. The van der Waals surface area contributed by atoms with Crippen molar-refractivity contribution in [3.8, 4) is 5.75 Å². The van der Waals surface area contributed by atoms with Crippen molar-refractivity contribution in [2.45, 2.75) is 6.61 Å². The highest BCUT2D eigenvalue weighted by Crippen LogP contribution is 2.16. The van der Waals surface area contributed by atoms with Gasteiger partial charge in [-0.25, -0.2) is 9.78 Å². The average Bonchev–Trinajstić information content (AvgIpc) is 3.19. The maximum Gasteiger partial charge on any atom is 0.344 e. The summed E-state index contributed by atoms with van der Waals surface area (Å²) in [5.41, 5.74) is 2.48. The lowest BCUT2D eigenvalue weighted by atomic mass is 10.0. The summed E-state index contributed by atoms with van der Waals surface area (Å²) in [6.07, 6.45) is 3.47. The van der Waals surface area contributed by atoms with Crippen LogP contribution in [0.3, 0.4) is 0 Å². The minimum absolute atomic E-state index is 0.0337. The fraction of sp³-hybridized carbons (Fsp3) is 0.0870. The van der Waals surface area contributed by atoms with Crippen LogP contribution in [0.4, 0.5) is 0 Å². The largest absolute Gasteiger partial charge is 0.482 e. The molecule has 2 aromatic heterocycles. The summed E-state index contributed by atoms with van der Waals surface area (Å²) < 4.78 is 12.4. The number of aromatic nitrogens is 2. The standard InChI is InChI=1S/C23H17ClN2O4/c24-18-8-11-21-25-19(13-26(21)12-18)14-30-22(27)15-29-20-9-6-17(7-10-20)23(28)16-4-2-1-3-5-16/h1-13H,14-15H2. The first-order chi connectivity index (χ1) is 14.6. The number of ketones is 1. The van der Waals surface area contributed by atoms with Gasteiger partial charge >= 0.3 is 5.97 Å². The van der Waals surface area contributed by atoms with Crippen LogP contribution >= 0.6 is 11.6 Å². The zero-order valence-corrected chi connectivity index (χ0v) is 16.6. The number of imidazole rings is 1. The first-order valence-corrected chi connectivity index (χ1v) is 9.58. The van der Waals surface area contributed by atoms with Crippen LogP contribution in [0, 0.1) is 0 Å². The second-order valence-electron chi connectivity index (χ2n) is 6.51. The van der Waals surface area contributed by atoms with Crippen LogP contribution in [0.1, 0.15) is 21.6 Å². The van der Waals surface area contributed by atoms with Crippen molar-refractivity contribution >= 4 is 29.0 Å². The normalized spacial score (nSPS) is 10.7. The van der Waals surface area contributed by atoms with E-state index in [2.05, 4.69) is 4.98 Å². The first-order valence-electron chi connectivity index (χ1n) is 9.20. The summed E-state index contributed by atoms with van der Waals surface area (Å²) in [7, 11) is 0. The summed E-state index contributed by atoms with van der Waals surface area (Å²) in [5.74, 6) is -0.122. The summed E-state index contributed by atoms with van der Waals surface area (Å²) in [4.78, 5) is 28.7. The Morgan fingerprint density at radius 3 is 2.40 bits per heavy atom. The molecule has 7 heteroatoms. The molecule has 0 aliphatic carbocycles. The lowest BCUT2D eigenvalue weighted by Crippen LogP contribution is -2.15. The van der Waals surface area contributed by atoms with E-state index in [1.165, 1.54) is 0 Å². The van der Waals surface area contributed by atoms with Crippen LogP contribution < -0.4 is 4.74 Å². The van der Waals surface area contributed by atoms with E-state index in [1.807, 2.05) is 18.2 Å². The first kappa shape index (κ1) is 19.7. The van der Waals surface area contributed by atoms with Crippen molar-refractivity contribution in [3.63, 3.8) is 0 Å². The van der Waals surface area contributed by atoms with Crippen molar-refractivity contribution in [1.29, 1.82) is 0 Å². The number of halogens is 1. The smallest absolute Gasteiger partial charge is 0.344 e. The van der Waals surface area contributed by atoms with Crippen molar-refractivity contribution < 1.29 is 19.1 Å². The van der Waals surface area contributed by atoms with Gasteiger partial charge in [0.25, 0.3) is 0 Å². The average molecular weight is 421 g/mol. The Bertz CT molecular complexity index is 1190. The molecule has 150 valence electrons. The van der Waals surface area contributed by atoms with Gasteiger partial charge in [0.2, 0.25) is 0 Å². The number of hydrogen-bond donors (Lipinski definition) is 0. The number of fused-ring (bicyclic) bond motifs is 1. The van der Waals surface area contributed by atoms with Crippen LogP contribution in [0.5, 0.6) is 5.75 Å². The topological polar surface area (TPSA) is 69.9 Å². The summed E-state index contributed by atoms with van der Waals surface area (Å²) in [6.45, 7) is -0.211. The number of benzene rings is 2. The van der Waals surface area contributed by atoms with Crippen LogP contribution in [-0.4, -0.2) is 27.7 Å². The van der Waals surface area contributed by atoms with Crippen molar-refractivity contribution in [3.05, 3.63) is 101 Å². The van der Waals surface area contributed by atoms with Gasteiger partial charge in [-0.15, -0.1) is 0 Å².